The average molecular weight is 593 g/mol. The summed E-state index contributed by atoms with van der Waals surface area (Å²) in [5, 5.41) is 9.35. The normalized spacial score (nSPS) is 14.3. The highest BCUT2D eigenvalue weighted by Crippen LogP contribution is 2.44. The molecule has 0 saturated carbocycles. The Labute approximate surface area is 255 Å². The number of hydrogen-bond donors (Lipinski definition) is 4. The number of fused-ring (bicyclic) bond motifs is 4. The van der Waals surface area contributed by atoms with E-state index < -0.39 is 5.54 Å². The van der Waals surface area contributed by atoms with Gasteiger partial charge in [0, 0.05) is 58.1 Å². The van der Waals surface area contributed by atoms with E-state index in [1.807, 2.05) is 63.2 Å². The fraction of sp³-hybridized carbons (Fsp3) is 0.294. The third kappa shape index (κ3) is 5.11. The molecule has 0 atom stereocenters. The van der Waals surface area contributed by atoms with E-state index in [1.165, 1.54) is 0 Å². The molecule has 0 bridgehead atoms. The molecule has 0 radical (unpaired) electrons. The number of anilines is 1. The van der Waals surface area contributed by atoms with Gasteiger partial charge < -0.3 is 25.2 Å². The smallest absolute Gasteiger partial charge is 0.224 e. The molecule has 2 amide bonds. The molecule has 10 nitrogen and oxygen atoms in total. The van der Waals surface area contributed by atoms with Crippen molar-refractivity contribution >= 4 is 55.8 Å². The molecule has 0 unspecified atom stereocenters. The zero-order chi connectivity index (χ0) is 31.2. The molecule has 6 rings (SSSR count). The van der Waals surface area contributed by atoms with Crippen LogP contribution in [0.15, 0.2) is 54.3 Å². The molecule has 5 aromatic rings. The molecule has 0 spiro atoms. The highest BCUT2D eigenvalue weighted by atomic mass is 16.7. The van der Waals surface area contributed by atoms with Crippen molar-refractivity contribution < 1.29 is 19.2 Å². The van der Waals surface area contributed by atoms with Crippen LogP contribution in [0.25, 0.3) is 49.5 Å². The first-order valence-corrected chi connectivity index (χ1v) is 14.7. The van der Waals surface area contributed by atoms with Crippen molar-refractivity contribution in [1.82, 2.24) is 25.7 Å². The van der Waals surface area contributed by atoms with E-state index in [-0.39, 0.29) is 24.7 Å². The molecular formula is C34H36N6O4. The Kier molecular flexibility index (Phi) is 7.46. The third-order valence-electron chi connectivity index (χ3n) is 7.99. The van der Waals surface area contributed by atoms with Crippen LogP contribution in [0.2, 0.25) is 0 Å². The van der Waals surface area contributed by atoms with Gasteiger partial charge in [-0.15, -0.1) is 5.48 Å². The summed E-state index contributed by atoms with van der Waals surface area (Å²) in [6.45, 7) is 10.4. The van der Waals surface area contributed by atoms with E-state index in [4.69, 9.17) is 19.5 Å². The zero-order valence-electron chi connectivity index (χ0n) is 25.8. The number of hydroxylamine groups is 1. The lowest BCUT2D eigenvalue weighted by molar-refractivity contribution is -0.124. The summed E-state index contributed by atoms with van der Waals surface area (Å²) in [4.78, 5) is 43.6. The summed E-state index contributed by atoms with van der Waals surface area (Å²) in [6, 6.07) is 15.9. The quantitative estimate of drug-likeness (QED) is 0.170. The fourth-order valence-corrected chi connectivity index (χ4v) is 6.11. The van der Waals surface area contributed by atoms with Crippen molar-refractivity contribution in [3.63, 3.8) is 0 Å². The number of ether oxygens (including phenoxy) is 1. The molecule has 0 aliphatic carbocycles. The number of aromatic amines is 1. The standard InChI is InChI=1S/C34H36N6O4/c1-7-35-28(41)14-15-29(42)38-25-13-12-22(20-10-8-9-11-21(20)25)32-30-23-17-27(43-6)24(31-18(2)44-40-34(31,4)5)16-26(23)39-33(30)37-19(3)36-32/h8-13,16-17,40H,7,14-15H2,1-6H3,(H,35,41)(H,38,42)(H,36,37,39). The fourth-order valence-electron chi connectivity index (χ4n) is 6.11. The summed E-state index contributed by atoms with van der Waals surface area (Å²) in [6.07, 6.45) is 0.236. The van der Waals surface area contributed by atoms with E-state index in [2.05, 4.69) is 41.0 Å². The lowest BCUT2D eigenvalue weighted by Crippen LogP contribution is -2.34. The van der Waals surface area contributed by atoms with E-state index >= 15 is 0 Å². The molecule has 226 valence electrons. The van der Waals surface area contributed by atoms with Gasteiger partial charge in [0.1, 0.15) is 23.0 Å². The second kappa shape index (κ2) is 11.3. The maximum Gasteiger partial charge on any atom is 0.224 e. The number of amides is 2. The first kappa shape index (κ1) is 29.1. The molecule has 1 aliphatic heterocycles. The number of rotatable bonds is 8. The number of aromatic nitrogens is 3. The van der Waals surface area contributed by atoms with Crippen molar-refractivity contribution in [1.29, 1.82) is 0 Å². The van der Waals surface area contributed by atoms with Crippen LogP contribution in [0.3, 0.4) is 0 Å². The SMILES string of the molecule is CCNC(=O)CCC(=O)Nc1ccc(-c2nc(C)nc3[nH]c4cc(C5=C(C)ONC5(C)C)c(OC)cc4c23)c2ccccc12. The van der Waals surface area contributed by atoms with Crippen LogP contribution < -0.4 is 20.9 Å². The molecule has 1 aliphatic rings. The maximum absolute atomic E-state index is 12.8. The molecule has 2 aromatic heterocycles. The molecule has 44 heavy (non-hydrogen) atoms. The third-order valence-corrected chi connectivity index (χ3v) is 7.99. The number of nitrogens with zero attached hydrogens (tertiary/aromatic N) is 2. The van der Waals surface area contributed by atoms with Crippen molar-refractivity contribution in [3.8, 4) is 17.0 Å². The highest BCUT2D eigenvalue weighted by Gasteiger charge is 2.36. The van der Waals surface area contributed by atoms with Crippen LogP contribution in [0.4, 0.5) is 5.69 Å². The van der Waals surface area contributed by atoms with Crippen LogP contribution in [-0.2, 0) is 14.4 Å². The van der Waals surface area contributed by atoms with E-state index in [0.29, 0.717) is 18.1 Å². The van der Waals surface area contributed by atoms with Gasteiger partial charge in [-0.05, 0) is 58.2 Å². The van der Waals surface area contributed by atoms with Gasteiger partial charge in [0.15, 0.2) is 0 Å². The monoisotopic (exact) mass is 592 g/mol. The number of carbonyl (C=O) groups excluding carboxylic acids is 2. The Bertz CT molecular complexity index is 1990. The molecule has 10 heteroatoms. The molecule has 0 saturated heterocycles. The predicted octanol–water partition coefficient (Wildman–Crippen LogP) is 6.15. The van der Waals surface area contributed by atoms with Crippen LogP contribution in [-0.4, -0.2) is 46.0 Å². The van der Waals surface area contributed by atoms with E-state index in [1.54, 1.807) is 7.11 Å². The van der Waals surface area contributed by atoms with E-state index in [9.17, 15) is 9.59 Å². The summed E-state index contributed by atoms with van der Waals surface area (Å²) in [7, 11) is 1.67. The highest BCUT2D eigenvalue weighted by molar-refractivity contribution is 6.17. The molecule has 3 aromatic carbocycles. The predicted molar refractivity (Wildman–Crippen MR) is 173 cm³/mol. The second-order valence-electron chi connectivity index (χ2n) is 11.5. The number of nitrogens with one attached hydrogen (secondary N) is 4. The van der Waals surface area contributed by atoms with Gasteiger partial charge in [-0.25, -0.2) is 9.97 Å². The first-order valence-electron chi connectivity index (χ1n) is 14.7. The minimum Gasteiger partial charge on any atom is -0.496 e. The van der Waals surface area contributed by atoms with Crippen LogP contribution in [0.5, 0.6) is 5.75 Å². The maximum atomic E-state index is 12.8. The van der Waals surface area contributed by atoms with Gasteiger partial charge in [-0.2, -0.15) is 0 Å². The number of aryl methyl sites for hydroxylation is 1. The number of methoxy groups -OCH3 is 1. The van der Waals surface area contributed by atoms with Gasteiger partial charge in [-0.3, -0.25) is 9.59 Å². The van der Waals surface area contributed by atoms with Crippen LogP contribution in [0, 0.1) is 6.92 Å². The first-order chi connectivity index (χ1) is 21.1. The largest absolute Gasteiger partial charge is 0.496 e. The van der Waals surface area contributed by atoms with Gasteiger partial charge in [0.2, 0.25) is 11.8 Å². The summed E-state index contributed by atoms with van der Waals surface area (Å²) in [5.41, 5.74) is 8.64. The van der Waals surface area contributed by atoms with Crippen molar-refractivity contribution in [3.05, 3.63) is 65.7 Å². The number of allylic oxidation sites excluding steroid dienone is 1. The summed E-state index contributed by atoms with van der Waals surface area (Å²) < 4.78 is 5.93. The average Bonchev–Trinajstić information content (AvgIpc) is 3.49. The topological polar surface area (TPSA) is 130 Å². The summed E-state index contributed by atoms with van der Waals surface area (Å²) >= 11 is 0. The molecular weight excluding hydrogens is 556 g/mol. The van der Waals surface area contributed by atoms with Gasteiger partial charge >= 0.3 is 0 Å². The second-order valence-corrected chi connectivity index (χ2v) is 11.5. The summed E-state index contributed by atoms with van der Waals surface area (Å²) in [5.74, 6) is 1.78. The lowest BCUT2D eigenvalue weighted by Gasteiger charge is -2.22. The minimum atomic E-state index is -0.406. The number of H-pyrrole nitrogens is 1. The van der Waals surface area contributed by atoms with E-state index in [0.717, 1.165) is 66.6 Å². The Morgan fingerprint density at radius 3 is 2.41 bits per heavy atom. The minimum absolute atomic E-state index is 0.0998. The molecule has 3 heterocycles. The number of carbonyl (C=O) groups is 2. The van der Waals surface area contributed by atoms with Crippen molar-refractivity contribution in [2.75, 3.05) is 19.0 Å². The van der Waals surface area contributed by atoms with Crippen LogP contribution in [0.1, 0.15) is 51.9 Å². The van der Waals surface area contributed by atoms with Gasteiger partial charge in [0.05, 0.1) is 23.7 Å². The molecule has 4 N–H and O–H groups in total. The molecule has 0 fully saturated rings. The Morgan fingerprint density at radius 2 is 1.70 bits per heavy atom. The van der Waals surface area contributed by atoms with Gasteiger partial charge in [-0.1, -0.05) is 30.3 Å². The van der Waals surface area contributed by atoms with Crippen molar-refractivity contribution in [2.24, 2.45) is 0 Å². The van der Waals surface area contributed by atoms with Crippen LogP contribution >= 0.6 is 0 Å². The number of hydrogen-bond acceptors (Lipinski definition) is 7. The Hall–Kier alpha value is -4.96. The van der Waals surface area contributed by atoms with Gasteiger partial charge in [0.25, 0.3) is 0 Å². The zero-order valence-corrected chi connectivity index (χ0v) is 25.8. The van der Waals surface area contributed by atoms with Crippen molar-refractivity contribution in [2.45, 2.75) is 53.0 Å². The Morgan fingerprint density at radius 1 is 0.955 bits per heavy atom. The number of benzene rings is 3. The lowest BCUT2D eigenvalue weighted by atomic mass is 9.87. The Balaban J connectivity index is 1.48.